The zero-order valence-corrected chi connectivity index (χ0v) is 16.1. The first-order chi connectivity index (χ1) is 13.0. The van der Waals surface area contributed by atoms with Crippen LogP contribution >= 0.6 is 0 Å². The quantitative estimate of drug-likeness (QED) is 0.806. The van der Waals surface area contributed by atoms with Gasteiger partial charge in [0.2, 0.25) is 17.7 Å². The number of carbonyl (C=O) groups excluding carboxylic acids is 1. The van der Waals surface area contributed by atoms with Crippen molar-refractivity contribution in [1.82, 2.24) is 25.0 Å². The van der Waals surface area contributed by atoms with Crippen molar-refractivity contribution in [2.45, 2.75) is 39.7 Å². The van der Waals surface area contributed by atoms with Gasteiger partial charge in [0, 0.05) is 31.9 Å². The van der Waals surface area contributed by atoms with Gasteiger partial charge < -0.3 is 9.32 Å². The fraction of sp³-hybridized carbons (Fsp3) is 0.600. The molecule has 0 unspecified atom stereocenters. The summed E-state index contributed by atoms with van der Waals surface area (Å²) in [5, 5.41) is 8.32. The number of aromatic nitrogens is 3. The average molecular weight is 369 g/mol. The second-order valence-electron chi connectivity index (χ2n) is 8.36. The van der Waals surface area contributed by atoms with Crippen LogP contribution in [0, 0.1) is 11.3 Å². The maximum atomic E-state index is 12.4. The zero-order chi connectivity index (χ0) is 18.9. The molecule has 2 aliphatic rings. The molecule has 0 saturated carbocycles. The molecule has 4 rings (SSSR count). The third-order valence-corrected chi connectivity index (χ3v) is 5.64. The van der Waals surface area contributed by atoms with Crippen LogP contribution in [-0.4, -0.2) is 57.1 Å². The number of hydrogen-bond donors (Lipinski definition) is 0. The molecule has 27 heavy (non-hydrogen) atoms. The summed E-state index contributed by atoms with van der Waals surface area (Å²) in [7, 11) is 0. The van der Waals surface area contributed by atoms with Gasteiger partial charge in [0.25, 0.3) is 0 Å². The minimum absolute atomic E-state index is 0.165. The predicted molar refractivity (Wildman–Crippen MR) is 101 cm³/mol. The number of likely N-dealkylation sites (tertiary alicyclic amines) is 2. The van der Waals surface area contributed by atoms with Crippen LogP contribution in [0.5, 0.6) is 0 Å². The van der Waals surface area contributed by atoms with Crippen molar-refractivity contribution in [2.24, 2.45) is 11.3 Å². The normalized spacial score (nSPS) is 20.1. The second kappa shape index (κ2) is 7.38. The Bertz CT molecular complexity index is 781. The lowest BCUT2D eigenvalue weighted by Crippen LogP contribution is -2.41. The molecule has 2 saturated heterocycles. The van der Waals surface area contributed by atoms with Crippen molar-refractivity contribution < 1.29 is 9.21 Å². The van der Waals surface area contributed by atoms with Gasteiger partial charge in [0.15, 0.2) is 0 Å². The fourth-order valence-corrected chi connectivity index (χ4v) is 4.22. The summed E-state index contributed by atoms with van der Waals surface area (Å²) < 4.78 is 5.80. The lowest BCUT2D eigenvalue weighted by atomic mass is 9.77. The Morgan fingerprint density at radius 3 is 2.78 bits per heavy atom. The van der Waals surface area contributed by atoms with Crippen LogP contribution in [0.2, 0.25) is 0 Å². The molecule has 0 radical (unpaired) electrons. The zero-order valence-electron chi connectivity index (χ0n) is 16.1. The number of nitrogens with zero attached hydrogens (tertiary/aromatic N) is 5. The lowest BCUT2D eigenvalue weighted by Gasteiger charge is -2.38. The van der Waals surface area contributed by atoms with Crippen molar-refractivity contribution >= 4 is 5.91 Å². The van der Waals surface area contributed by atoms with Crippen molar-refractivity contribution in [1.29, 1.82) is 0 Å². The van der Waals surface area contributed by atoms with E-state index < -0.39 is 0 Å². The first-order valence-corrected chi connectivity index (χ1v) is 9.76. The number of carbonyl (C=O) groups is 1. The molecule has 4 heterocycles. The van der Waals surface area contributed by atoms with Crippen LogP contribution in [-0.2, 0) is 11.3 Å². The van der Waals surface area contributed by atoms with Gasteiger partial charge in [-0.3, -0.25) is 14.7 Å². The van der Waals surface area contributed by atoms with Crippen molar-refractivity contribution in [2.75, 3.05) is 26.2 Å². The molecule has 1 spiro atoms. The summed E-state index contributed by atoms with van der Waals surface area (Å²) in [6.07, 6.45) is 6.26. The molecule has 1 amide bonds. The number of amides is 1. The summed E-state index contributed by atoms with van der Waals surface area (Å²) in [6.45, 7) is 8.73. The van der Waals surface area contributed by atoms with Crippen LogP contribution in [0.3, 0.4) is 0 Å². The van der Waals surface area contributed by atoms with Gasteiger partial charge in [-0.15, -0.1) is 10.2 Å². The summed E-state index contributed by atoms with van der Waals surface area (Å²) in [5.74, 6) is 2.00. The van der Waals surface area contributed by atoms with Gasteiger partial charge in [-0.25, -0.2) is 0 Å². The Kier molecular flexibility index (Phi) is 4.95. The molecule has 144 valence electrons. The summed E-state index contributed by atoms with van der Waals surface area (Å²) in [5.41, 5.74) is 1.00. The van der Waals surface area contributed by atoms with Gasteiger partial charge in [-0.2, -0.15) is 0 Å². The molecular formula is C20H27N5O2. The standard InChI is InChI=1S/C20H27N5O2/c1-15(2)12-25-14-20(10-18(25)26)5-8-24(9-6-20)13-17-22-23-19(27-17)16-4-3-7-21-11-16/h3-4,7,11,15H,5-6,8-10,12-14H2,1-2H3. The van der Waals surface area contributed by atoms with Crippen LogP contribution in [0.4, 0.5) is 0 Å². The Balaban J connectivity index is 1.33. The highest BCUT2D eigenvalue weighted by Crippen LogP contribution is 2.41. The van der Waals surface area contributed by atoms with E-state index in [-0.39, 0.29) is 5.41 Å². The van der Waals surface area contributed by atoms with Crippen LogP contribution in [0.15, 0.2) is 28.9 Å². The monoisotopic (exact) mass is 369 g/mol. The summed E-state index contributed by atoms with van der Waals surface area (Å²) in [6, 6.07) is 3.77. The van der Waals surface area contributed by atoms with Gasteiger partial charge in [-0.05, 0) is 49.4 Å². The van der Waals surface area contributed by atoms with E-state index in [0.717, 1.165) is 44.6 Å². The van der Waals surface area contributed by atoms with E-state index in [1.54, 1.807) is 12.4 Å². The SMILES string of the molecule is CC(C)CN1CC2(CCN(Cc3nnc(-c4cccnc4)o3)CC2)CC1=O. The largest absolute Gasteiger partial charge is 0.419 e. The van der Waals surface area contributed by atoms with E-state index in [4.69, 9.17) is 4.42 Å². The first-order valence-electron chi connectivity index (χ1n) is 9.76. The third-order valence-electron chi connectivity index (χ3n) is 5.64. The number of piperidine rings is 1. The lowest BCUT2D eigenvalue weighted by molar-refractivity contribution is -0.128. The second-order valence-corrected chi connectivity index (χ2v) is 8.36. The van der Waals surface area contributed by atoms with Crippen molar-refractivity contribution in [3.05, 3.63) is 30.4 Å². The van der Waals surface area contributed by atoms with E-state index in [0.29, 0.717) is 36.6 Å². The first kappa shape index (κ1) is 18.1. The van der Waals surface area contributed by atoms with Gasteiger partial charge >= 0.3 is 0 Å². The van der Waals surface area contributed by atoms with Gasteiger partial charge in [0.1, 0.15) is 0 Å². The Morgan fingerprint density at radius 2 is 2.07 bits per heavy atom. The molecule has 0 aromatic carbocycles. The molecule has 2 fully saturated rings. The van der Waals surface area contributed by atoms with Crippen LogP contribution < -0.4 is 0 Å². The molecule has 0 atom stereocenters. The predicted octanol–water partition coefficient (Wildman–Crippen LogP) is 2.60. The molecule has 7 nitrogen and oxygen atoms in total. The number of rotatable bonds is 5. The number of pyridine rings is 1. The smallest absolute Gasteiger partial charge is 0.249 e. The molecule has 0 N–H and O–H groups in total. The minimum atomic E-state index is 0.165. The molecule has 7 heteroatoms. The highest BCUT2D eigenvalue weighted by molar-refractivity contribution is 5.79. The Hall–Kier alpha value is -2.28. The molecule has 2 aromatic heterocycles. The van der Waals surface area contributed by atoms with Crippen LogP contribution in [0.25, 0.3) is 11.5 Å². The summed E-state index contributed by atoms with van der Waals surface area (Å²) >= 11 is 0. The topological polar surface area (TPSA) is 75.4 Å². The van der Waals surface area contributed by atoms with Gasteiger partial charge in [0.05, 0.1) is 12.1 Å². The Morgan fingerprint density at radius 1 is 1.26 bits per heavy atom. The highest BCUT2D eigenvalue weighted by atomic mass is 16.4. The van der Waals surface area contributed by atoms with E-state index in [9.17, 15) is 4.79 Å². The molecular weight excluding hydrogens is 342 g/mol. The summed E-state index contributed by atoms with van der Waals surface area (Å²) in [4.78, 5) is 20.9. The third kappa shape index (κ3) is 4.03. The maximum absolute atomic E-state index is 12.4. The average Bonchev–Trinajstić information content (AvgIpc) is 3.23. The molecule has 2 aliphatic heterocycles. The van der Waals surface area contributed by atoms with E-state index >= 15 is 0 Å². The number of hydrogen-bond acceptors (Lipinski definition) is 6. The van der Waals surface area contributed by atoms with E-state index in [1.807, 2.05) is 12.1 Å². The maximum Gasteiger partial charge on any atom is 0.249 e. The molecule has 0 bridgehead atoms. The van der Waals surface area contributed by atoms with Crippen molar-refractivity contribution in [3.8, 4) is 11.5 Å². The van der Waals surface area contributed by atoms with E-state index in [1.165, 1.54) is 0 Å². The fourth-order valence-electron chi connectivity index (χ4n) is 4.22. The van der Waals surface area contributed by atoms with Gasteiger partial charge in [-0.1, -0.05) is 13.8 Å². The highest BCUT2D eigenvalue weighted by Gasteiger charge is 2.44. The van der Waals surface area contributed by atoms with Crippen molar-refractivity contribution in [3.63, 3.8) is 0 Å². The van der Waals surface area contributed by atoms with Crippen LogP contribution in [0.1, 0.15) is 39.0 Å². The minimum Gasteiger partial charge on any atom is -0.419 e. The molecule has 2 aromatic rings. The Labute approximate surface area is 159 Å². The van der Waals surface area contributed by atoms with E-state index in [2.05, 4.69) is 38.8 Å². The molecule has 0 aliphatic carbocycles.